The number of benzene rings is 1. The summed E-state index contributed by atoms with van der Waals surface area (Å²) >= 11 is 0. The Balaban J connectivity index is 1.44. The highest BCUT2D eigenvalue weighted by Gasteiger charge is 2.25. The highest BCUT2D eigenvalue weighted by atomic mass is 19.1. The molecule has 0 aromatic heterocycles. The highest BCUT2D eigenvalue weighted by Crippen LogP contribution is 2.23. The SMILES string of the molecule is O=C(CC1C=CCC1)N1CCC(Oc2ccc(F)cc2)CC1. The second-order valence-corrected chi connectivity index (χ2v) is 6.12. The van der Waals surface area contributed by atoms with Gasteiger partial charge in [-0.3, -0.25) is 4.79 Å². The molecule has 1 atom stereocenters. The largest absolute Gasteiger partial charge is 0.490 e. The van der Waals surface area contributed by atoms with Crippen molar-refractivity contribution in [1.29, 1.82) is 0 Å². The molecule has 1 amide bonds. The molecule has 3 nitrogen and oxygen atoms in total. The van der Waals surface area contributed by atoms with E-state index in [1.54, 1.807) is 12.1 Å². The van der Waals surface area contributed by atoms with Crippen LogP contribution in [-0.4, -0.2) is 30.0 Å². The molecule has 118 valence electrons. The standard InChI is InChI=1S/C18H22FNO2/c19-15-5-7-16(8-6-15)22-17-9-11-20(12-10-17)18(21)13-14-3-1-2-4-14/h1,3,5-8,14,17H,2,4,9-13H2. The van der Waals surface area contributed by atoms with Crippen LogP contribution in [-0.2, 0) is 4.79 Å². The lowest BCUT2D eigenvalue weighted by Crippen LogP contribution is -2.42. The summed E-state index contributed by atoms with van der Waals surface area (Å²) < 4.78 is 18.7. The zero-order chi connectivity index (χ0) is 15.4. The number of likely N-dealkylation sites (tertiary alicyclic amines) is 1. The van der Waals surface area contributed by atoms with Gasteiger partial charge in [0.15, 0.2) is 0 Å². The van der Waals surface area contributed by atoms with E-state index in [0.717, 1.165) is 38.8 Å². The van der Waals surface area contributed by atoms with Crippen molar-refractivity contribution in [3.63, 3.8) is 0 Å². The summed E-state index contributed by atoms with van der Waals surface area (Å²) in [4.78, 5) is 14.2. The first-order chi connectivity index (χ1) is 10.7. The first-order valence-corrected chi connectivity index (χ1v) is 8.07. The molecule has 0 radical (unpaired) electrons. The zero-order valence-corrected chi connectivity index (χ0v) is 12.7. The third-order valence-electron chi connectivity index (χ3n) is 4.46. The van der Waals surface area contributed by atoms with Gasteiger partial charge in [-0.15, -0.1) is 0 Å². The summed E-state index contributed by atoms with van der Waals surface area (Å²) in [5, 5.41) is 0. The molecular weight excluding hydrogens is 281 g/mol. The number of carbonyl (C=O) groups is 1. The molecular formula is C18H22FNO2. The highest BCUT2D eigenvalue weighted by molar-refractivity contribution is 5.76. The normalized spacial score (nSPS) is 22.0. The Bertz CT molecular complexity index is 533. The number of amides is 1. The quantitative estimate of drug-likeness (QED) is 0.796. The second-order valence-electron chi connectivity index (χ2n) is 6.12. The number of nitrogens with zero attached hydrogens (tertiary/aromatic N) is 1. The monoisotopic (exact) mass is 303 g/mol. The summed E-state index contributed by atoms with van der Waals surface area (Å²) in [6.45, 7) is 1.50. The van der Waals surface area contributed by atoms with Gasteiger partial charge in [-0.2, -0.15) is 0 Å². The smallest absolute Gasteiger partial charge is 0.223 e. The van der Waals surface area contributed by atoms with Gasteiger partial charge in [0.25, 0.3) is 0 Å². The van der Waals surface area contributed by atoms with Crippen molar-refractivity contribution in [3.05, 3.63) is 42.2 Å². The summed E-state index contributed by atoms with van der Waals surface area (Å²) in [6, 6.07) is 6.12. The van der Waals surface area contributed by atoms with Crippen LogP contribution in [0.3, 0.4) is 0 Å². The van der Waals surface area contributed by atoms with Gasteiger partial charge in [0.05, 0.1) is 0 Å². The van der Waals surface area contributed by atoms with Crippen molar-refractivity contribution < 1.29 is 13.9 Å². The van der Waals surface area contributed by atoms with Gasteiger partial charge in [-0.1, -0.05) is 12.2 Å². The van der Waals surface area contributed by atoms with E-state index in [2.05, 4.69) is 12.2 Å². The van der Waals surface area contributed by atoms with E-state index in [-0.39, 0.29) is 17.8 Å². The number of hydrogen-bond donors (Lipinski definition) is 0. The molecule has 2 aliphatic rings. The minimum absolute atomic E-state index is 0.112. The molecule has 4 heteroatoms. The molecule has 1 aliphatic heterocycles. The average Bonchev–Trinajstić information content (AvgIpc) is 3.03. The van der Waals surface area contributed by atoms with Gasteiger partial charge < -0.3 is 9.64 Å². The van der Waals surface area contributed by atoms with Crippen molar-refractivity contribution in [2.45, 2.75) is 38.2 Å². The topological polar surface area (TPSA) is 29.5 Å². The van der Waals surface area contributed by atoms with Crippen molar-refractivity contribution >= 4 is 5.91 Å². The molecule has 1 aromatic carbocycles. The fraction of sp³-hybridized carbons (Fsp3) is 0.500. The fourth-order valence-electron chi connectivity index (χ4n) is 3.15. The van der Waals surface area contributed by atoms with E-state index in [1.807, 2.05) is 4.90 Å². The van der Waals surface area contributed by atoms with Gasteiger partial charge in [-0.05, 0) is 43.0 Å². The number of halogens is 1. The minimum atomic E-state index is -0.256. The van der Waals surface area contributed by atoms with Gasteiger partial charge in [0.2, 0.25) is 5.91 Å². The third kappa shape index (κ3) is 3.87. The molecule has 1 fully saturated rings. The second kappa shape index (κ2) is 6.95. The van der Waals surface area contributed by atoms with Crippen LogP contribution in [0.4, 0.5) is 4.39 Å². The lowest BCUT2D eigenvalue weighted by molar-refractivity contribution is -0.133. The molecule has 1 saturated heterocycles. The predicted molar refractivity (Wildman–Crippen MR) is 83.1 cm³/mol. The Morgan fingerprint density at radius 1 is 1.18 bits per heavy atom. The lowest BCUT2D eigenvalue weighted by atomic mass is 10.0. The number of carbonyl (C=O) groups excluding carboxylic acids is 1. The van der Waals surface area contributed by atoms with E-state index in [9.17, 15) is 9.18 Å². The molecule has 1 aromatic rings. The van der Waals surface area contributed by atoms with Gasteiger partial charge in [-0.25, -0.2) is 4.39 Å². The molecule has 0 spiro atoms. The Labute approximate surface area is 130 Å². The van der Waals surface area contributed by atoms with Crippen molar-refractivity contribution in [3.8, 4) is 5.75 Å². The van der Waals surface area contributed by atoms with E-state index in [0.29, 0.717) is 18.1 Å². The molecule has 0 N–H and O–H groups in total. The van der Waals surface area contributed by atoms with Crippen LogP contribution in [0.1, 0.15) is 32.1 Å². The first-order valence-electron chi connectivity index (χ1n) is 8.07. The predicted octanol–water partition coefficient (Wildman–Crippen LogP) is 3.55. The number of allylic oxidation sites excluding steroid dienone is 2. The van der Waals surface area contributed by atoms with Crippen molar-refractivity contribution in [2.75, 3.05) is 13.1 Å². The third-order valence-corrected chi connectivity index (χ3v) is 4.46. The lowest BCUT2D eigenvalue weighted by Gasteiger charge is -2.32. The van der Waals surface area contributed by atoms with Crippen molar-refractivity contribution in [1.82, 2.24) is 4.90 Å². The molecule has 1 unspecified atom stereocenters. The number of hydrogen-bond acceptors (Lipinski definition) is 2. The maximum Gasteiger partial charge on any atom is 0.223 e. The number of rotatable bonds is 4. The summed E-state index contributed by atoms with van der Waals surface area (Å²) in [5.41, 5.74) is 0. The van der Waals surface area contributed by atoms with Crippen molar-refractivity contribution in [2.24, 2.45) is 5.92 Å². The van der Waals surface area contributed by atoms with Crippen LogP contribution in [0.5, 0.6) is 5.75 Å². The average molecular weight is 303 g/mol. The molecule has 3 rings (SSSR count). The Morgan fingerprint density at radius 2 is 1.91 bits per heavy atom. The molecule has 1 aliphatic carbocycles. The Kier molecular flexibility index (Phi) is 4.76. The van der Waals surface area contributed by atoms with Gasteiger partial charge >= 0.3 is 0 Å². The molecule has 22 heavy (non-hydrogen) atoms. The maximum absolute atomic E-state index is 12.9. The Hall–Kier alpha value is -1.84. The van der Waals surface area contributed by atoms with E-state index in [4.69, 9.17) is 4.74 Å². The van der Waals surface area contributed by atoms with Crippen LogP contribution >= 0.6 is 0 Å². The first kappa shape index (κ1) is 15.1. The summed E-state index contributed by atoms with van der Waals surface area (Å²) in [6.07, 6.45) is 8.97. The molecule has 0 saturated carbocycles. The van der Waals surface area contributed by atoms with Crippen LogP contribution in [0.25, 0.3) is 0 Å². The number of piperidine rings is 1. The van der Waals surface area contributed by atoms with E-state index < -0.39 is 0 Å². The van der Waals surface area contributed by atoms with E-state index in [1.165, 1.54) is 12.1 Å². The maximum atomic E-state index is 12.9. The van der Waals surface area contributed by atoms with Crippen LogP contribution < -0.4 is 4.74 Å². The molecule has 0 bridgehead atoms. The number of ether oxygens (including phenoxy) is 1. The minimum Gasteiger partial charge on any atom is -0.490 e. The summed E-state index contributed by atoms with van der Waals surface area (Å²) in [5.74, 6) is 1.13. The summed E-state index contributed by atoms with van der Waals surface area (Å²) in [7, 11) is 0. The van der Waals surface area contributed by atoms with Crippen LogP contribution in [0.15, 0.2) is 36.4 Å². The molecule has 1 heterocycles. The fourth-order valence-corrected chi connectivity index (χ4v) is 3.15. The van der Waals surface area contributed by atoms with Gasteiger partial charge in [0, 0.05) is 32.4 Å². The zero-order valence-electron chi connectivity index (χ0n) is 12.7. The van der Waals surface area contributed by atoms with Crippen LogP contribution in [0, 0.1) is 11.7 Å². The van der Waals surface area contributed by atoms with Crippen LogP contribution in [0.2, 0.25) is 0 Å². The van der Waals surface area contributed by atoms with Gasteiger partial charge in [0.1, 0.15) is 17.7 Å². The Morgan fingerprint density at radius 3 is 2.55 bits per heavy atom. The van der Waals surface area contributed by atoms with E-state index >= 15 is 0 Å².